The van der Waals surface area contributed by atoms with E-state index in [9.17, 15) is 4.79 Å². The van der Waals surface area contributed by atoms with Crippen LogP contribution in [0.1, 0.15) is 11.3 Å². The molecule has 0 saturated carbocycles. The first-order valence-electron chi connectivity index (χ1n) is 6.89. The molecule has 1 aromatic heterocycles. The van der Waals surface area contributed by atoms with E-state index in [0.29, 0.717) is 23.3 Å². The van der Waals surface area contributed by atoms with Crippen LogP contribution >= 0.6 is 0 Å². The van der Waals surface area contributed by atoms with Crippen LogP contribution in [0.2, 0.25) is 0 Å². The first-order chi connectivity index (χ1) is 10.3. The monoisotopic (exact) mass is 277 g/mol. The number of hydrogen-bond donors (Lipinski definition) is 0. The molecule has 0 N–H and O–H groups in total. The van der Waals surface area contributed by atoms with Gasteiger partial charge < -0.3 is 4.42 Å². The Morgan fingerprint density at radius 1 is 1.00 bits per heavy atom. The summed E-state index contributed by atoms with van der Waals surface area (Å²) in [6.45, 7) is 0.667. The van der Waals surface area contributed by atoms with Gasteiger partial charge in [-0.1, -0.05) is 42.5 Å². The third kappa shape index (κ3) is 3.26. The highest BCUT2D eigenvalue weighted by Gasteiger charge is 2.01. The maximum absolute atomic E-state index is 11.9. The maximum atomic E-state index is 11.9. The Bertz CT molecular complexity index is 819. The SMILES string of the molecule is O=c1cc(C=NCCc2ccccc2)oc2ccccc12. The minimum atomic E-state index is -0.0404. The molecule has 0 fully saturated rings. The van der Waals surface area contributed by atoms with E-state index >= 15 is 0 Å². The molecule has 0 aliphatic heterocycles. The zero-order valence-electron chi connectivity index (χ0n) is 11.5. The zero-order chi connectivity index (χ0) is 14.5. The van der Waals surface area contributed by atoms with E-state index in [4.69, 9.17) is 4.42 Å². The molecule has 104 valence electrons. The molecule has 0 amide bonds. The van der Waals surface area contributed by atoms with Crippen LogP contribution in [-0.2, 0) is 6.42 Å². The molecule has 0 bridgehead atoms. The van der Waals surface area contributed by atoms with Gasteiger partial charge in [-0.2, -0.15) is 0 Å². The Morgan fingerprint density at radius 3 is 2.62 bits per heavy atom. The molecule has 0 radical (unpaired) electrons. The van der Waals surface area contributed by atoms with Gasteiger partial charge in [-0.25, -0.2) is 0 Å². The van der Waals surface area contributed by atoms with E-state index in [0.717, 1.165) is 6.42 Å². The standard InChI is InChI=1S/C18H15NO2/c20-17-12-15(21-18-9-5-4-8-16(17)18)13-19-11-10-14-6-2-1-3-7-14/h1-9,12-13H,10-11H2. The minimum absolute atomic E-state index is 0.0404. The second kappa shape index (κ2) is 6.18. The second-order valence-electron chi connectivity index (χ2n) is 4.78. The molecule has 0 spiro atoms. The van der Waals surface area contributed by atoms with Gasteiger partial charge in [-0.15, -0.1) is 0 Å². The minimum Gasteiger partial charge on any atom is -0.455 e. The smallest absolute Gasteiger partial charge is 0.193 e. The average molecular weight is 277 g/mol. The van der Waals surface area contributed by atoms with Crippen LogP contribution in [0.4, 0.5) is 0 Å². The van der Waals surface area contributed by atoms with Crippen molar-refractivity contribution in [3.05, 3.63) is 82.2 Å². The van der Waals surface area contributed by atoms with Crippen molar-refractivity contribution >= 4 is 17.2 Å². The fraction of sp³-hybridized carbons (Fsp3) is 0.111. The van der Waals surface area contributed by atoms with E-state index in [1.54, 1.807) is 18.3 Å². The number of rotatable bonds is 4. The summed E-state index contributed by atoms with van der Waals surface area (Å²) in [5.74, 6) is 0.492. The first kappa shape index (κ1) is 13.3. The summed E-state index contributed by atoms with van der Waals surface area (Å²) in [7, 11) is 0. The molecule has 0 saturated heterocycles. The van der Waals surface area contributed by atoms with Crippen molar-refractivity contribution in [2.24, 2.45) is 4.99 Å². The lowest BCUT2D eigenvalue weighted by Crippen LogP contribution is -2.01. The van der Waals surface area contributed by atoms with Crippen LogP contribution in [0.3, 0.4) is 0 Å². The number of fused-ring (bicyclic) bond motifs is 1. The quantitative estimate of drug-likeness (QED) is 0.685. The summed E-state index contributed by atoms with van der Waals surface area (Å²) >= 11 is 0. The van der Waals surface area contributed by atoms with E-state index in [2.05, 4.69) is 17.1 Å². The van der Waals surface area contributed by atoms with Crippen LogP contribution in [0.25, 0.3) is 11.0 Å². The molecule has 0 atom stereocenters. The van der Waals surface area contributed by atoms with Gasteiger partial charge in [0, 0.05) is 12.6 Å². The topological polar surface area (TPSA) is 42.6 Å². The van der Waals surface area contributed by atoms with Crippen molar-refractivity contribution < 1.29 is 4.42 Å². The summed E-state index contributed by atoms with van der Waals surface area (Å²) < 4.78 is 5.65. The summed E-state index contributed by atoms with van der Waals surface area (Å²) in [6, 6.07) is 18.9. The Morgan fingerprint density at radius 2 is 1.76 bits per heavy atom. The lowest BCUT2D eigenvalue weighted by molar-refractivity contribution is 0.594. The van der Waals surface area contributed by atoms with Gasteiger partial charge in [0.1, 0.15) is 11.3 Å². The maximum Gasteiger partial charge on any atom is 0.193 e. The van der Waals surface area contributed by atoms with E-state index in [1.807, 2.05) is 30.3 Å². The largest absolute Gasteiger partial charge is 0.455 e. The number of nitrogens with zero attached hydrogens (tertiary/aromatic N) is 1. The molecule has 3 aromatic rings. The van der Waals surface area contributed by atoms with Crippen LogP contribution in [0.15, 0.2) is 74.9 Å². The third-order valence-electron chi connectivity index (χ3n) is 3.24. The first-order valence-corrected chi connectivity index (χ1v) is 6.89. The third-order valence-corrected chi connectivity index (χ3v) is 3.24. The molecular formula is C18H15NO2. The predicted octanol–water partition coefficient (Wildman–Crippen LogP) is 3.45. The van der Waals surface area contributed by atoms with Crippen molar-refractivity contribution in [2.45, 2.75) is 6.42 Å². The lowest BCUT2D eigenvalue weighted by Gasteiger charge is -1.99. The van der Waals surface area contributed by atoms with Crippen molar-refractivity contribution in [1.29, 1.82) is 0 Å². The van der Waals surface area contributed by atoms with Crippen LogP contribution in [0, 0.1) is 0 Å². The molecule has 2 aromatic carbocycles. The van der Waals surface area contributed by atoms with E-state index in [1.165, 1.54) is 11.6 Å². The average Bonchev–Trinajstić information content (AvgIpc) is 2.53. The van der Waals surface area contributed by atoms with Crippen molar-refractivity contribution in [3.63, 3.8) is 0 Å². The summed E-state index contributed by atoms with van der Waals surface area (Å²) in [4.78, 5) is 16.3. The van der Waals surface area contributed by atoms with Gasteiger partial charge >= 0.3 is 0 Å². The predicted molar refractivity (Wildman–Crippen MR) is 85.1 cm³/mol. The normalized spacial score (nSPS) is 11.2. The summed E-state index contributed by atoms with van der Waals surface area (Å²) in [5.41, 5.74) is 1.80. The molecule has 3 rings (SSSR count). The summed E-state index contributed by atoms with van der Waals surface area (Å²) in [6.07, 6.45) is 2.49. The van der Waals surface area contributed by atoms with Gasteiger partial charge in [0.25, 0.3) is 0 Å². The number of para-hydroxylation sites is 1. The van der Waals surface area contributed by atoms with Gasteiger partial charge in [0.15, 0.2) is 5.43 Å². The highest BCUT2D eigenvalue weighted by molar-refractivity contribution is 5.82. The molecule has 21 heavy (non-hydrogen) atoms. The second-order valence-corrected chi connectivity index (χ2v) is 4.78. The molecule has 3 heteroatoms. The summed E-state index contributed by atoms with van der Waals surface area (Å²) in [5, 5.41) is 0.596. The zero-order valence-corrected chi connectivity index (χ0v) is 11.5. The Labute approximate surface area is 122 Å². The number of benzene rings is 2. The van der Waals surface area contributed by atoms with E-state index in [-0.39, 0.29) is 5.43 Å². The lowest BCUT2D eigenvalue weighted by atomic mass is 10.2. The van der Waals surface area contributed by atoms with Crippen molar-refractivity contribution in [2.75, 3.05) is 6.54 Å². The Kier molecular flexibility index (Phi) is 3.92. The van der Waals surface area contributed by atoms with Crippen LogP contribution in [-0.4, -0.2) is 12.8 Å². The molecule has 3 nitrogen and oxygen atoms in total. The fourth-order valence-corrected chi connectivity index (χ4v) is 2.18. The number of aliphatic imine (C=N–C) groups is 1. The number of hydrogen-bond acceptors (Lipinski definition) is 3. The molecule has 0 unspecified atom stereocenters. The molecule has 1 heterocycles. The van der Waals surface area contributed by atoms with E-state index < -0.39 is 0 Å². The van der Waals surface area contributed by atoms with Crippen LogP contribution < -0.4 is 5.43 Å². The Hall–Kier alpha value is -2.68. The van der Waals surface area contributed by atoms with Gasteiger partial charge in [-0.05, 0) is 24.1 Å². The fourth-order valence-electron chi connectivity index (χ4n) is 2.18. The Balaban J connectivity index is 1.73. The van der Waals surface area contributed by atoms with Gasteiger partial charge in [-0.3, -0.25) is 9.79 Å². The van der Waals surface area contributed by atoms with Crippen molar-refractivity contribution in [3.8, 4) is 0 Å². The highest BCUT2D eigenvalue weighted by Crippen LogP contribution is 2.10. The molecule has 0 aliphatic rings. The van der Waals surface area contributed by atoms with Gasteiger partial charge in [0.2, 0.25) is 0 Å². The van der Waals surface area contributed by atoms with Crippen LogP contribution in [0.5, 0.6) is 0 Å². The highest BCUT2D eigenvalue weighted by atomic mass is 16.3. The van der Waals surface area contributed by atoms with Crippen molar-refractivity contribution in [1.82, 2.24) is 0 Å². The molecule has 0 aliphatic carbocycles. The molecular weight excluding hydrogens is 262 g/mol. The van der Waals surface area contributed by atoms with Gasteiger partial charge in [0.05, 0.1) is 11.6 Å².